The standard InChI is InChI=1S/C10H12N2O2/c11-10(13)9-8-4-2-1-3-7(8)5-6-12(9)14/h1-4,9,14H,5-6H2,(H2,11,13). The van der Waals surface area contributed by atoms with E-state index in [0.29, 0.717) is 6.54 Å². The maximum absolute atomic E-state index is 11.1. The van der Waals surface area contributed by atoms with Gasteiger partial charge in [0.05, 0.1) is 0 Å². The number of hydrogen-bond donors (Lipinski definition) is 2. The minimum atomic E-state index is -0.694. The van der Waals surface area contributed by atoms with Gasteiger partial charge in [-0.05, 0) is 17.5 Å². The number of rotatable bonds is 1. The third-order valence-electron chi connectivity index (χ3n) is 2.53. The Morgan fingerprint density at radius 2 is 2.21 bits per heavy atom. The Kier molecular flexibility index (Phi) is 2.23. The van der Waals surface area contributed by atoms with Gasteiger partial charge in [0, 0.05) is 6.54 Å². The topological polar surface area (TPSA) is 66.6 Å². The molecular formula is C10H12N2O2. The second-order valence-corrected chi connectivity index (χ2v) is 3.42. The van der Waals surface area contributed by atoms with Crippen molar-refractivity contribution in [3.05, 3.63) is 35.4 Å². The maximum Gasteiger partial charge on any atom is 0.241 e. The minimum Gasteiger partial charge on any atom is -0.368 e. The molecule has 1 aliphatic heterocycles. The predicted octanol–water partition coefficient (Wildman–Crippen LogP) is 0.460. The fourth-order valence-electron chi connectivity index (χ4n) is 1.85. The molecule has 1 heterocycles. The van der Waals surface area contributed by atoms with Crippen molar-refractivity contribution in [3.63, 3.8) is 0 Å². The number of nitrogens with zero attached hydrogens (tertiary/aromatic N) is 1. The number of fused-ring (bicyclic) bond motifs is 1. The van der Waals surface area contributed by atoms with Crippen LogP contribution in [0.4, 0.5) is 0 Å². The normalized spacial score (nSPS) is 21.6. The van der Waals surface area contributed by atoms with E-state index in [1.807, 2.05) is 24.3 Å². The zero-order chi connectivity index (χ0) is 10.1. The maximum atomic E-state index is 11.1. The average Bonchev–Trinajstić information content (AvgIpc) is 2.17. The van der Waals surface area contributed by atoms with Crippen molar-refractivity contribution in [1.29, 1.82) is 0 Å². The summed E-state index contributed by atoms with van der Waals surface area (Å²) in [5.74, 6) is -0.514. The summed E-state index contributed by atoms with van der Waals surface area (Å²) in [6.45, 7) is 0.449. The van der Waals surface area contributed by atoms with E-state index in [4.69, 9.17) is 5.73 Å². The molecule has 14 heavy (non-hydrogen) atoms. The van der Waals surface area contributed by atoms with E-state index < -0.39 is 11.9 Å². The fraction of sp³-hybridized carbons (Fsp3) is 0.300. The van der Waals surface area contributed by atoms with Gasteiger partial charge in [0.25, 0.3) is 0 Å². The number of nitrogens with two attached hydrogens (primary N) is 1. The highest BCUT2D eigenvalue weighted by Gasteiger charge is 2.30. The van der Waals surface area contributed by atoms with Crippen molar-refractivity contribution >= 4 is 5.91 Å². The van der Waals surface area contributed by atoms with E-state index in [2.05, 4.69) is 0 Å². The van der Waals surface area contributed by atoms with Gasteiger partial charge in [-0.1, -0.05) is 24.3 Å². The summed E-state index contributed by atoms with van der Waals surface area (Å²) < 4.78 is 0. The third-order valence-corrected chi connectivity index (χ3v) is 2.53. The van der Waals surface area contributed by atoms with Gasteiger partial charge in [0.1, 0.15) is 6.04 Å². The molecule has 1 atom stereocenters. The Hall–Kier alpha value is -1.39. The summed E-state index contributed by atoms with van der Waals surface area (Å²) in [5.41, 5.74) is 7.13. The van der Waals surface area contributed by atoms with E-state index in [9.17, 15) is 10.0 Å². The molecule has 4 nitrogen and oxygen atoms in total. The molecule has 1 aromatic rings. The first kappa shape index (κ1) is 9.18. The van der Waals surface area contributed by atoms with E-state index >= 15 is 0 Å². The van der Waals surface area contributed by atoms with E-state index in [-0.39, 0.29) is 0 Å². The third kappa shape index (κ3) is 1.38. The highest BCUT2D eigenvalue weighted by atomic mass is 16.5. The summed E-state index contributed by atoms with van der Waals surface area (Å²) in [7, 11) is 0. The van der Waals surface area contributed by atoms with Gasteiger partial charge >= 0.3 is 0 Å². The molecule has 0 saturated heterocycles. The number of hydrogen-bond acceptors (Lipinski definition) is 3. The molecule has 0 bridgehead atoms. The second-order valence-electron chi connectivity index (χ2n) is 3.42. The van der Waals surface area contributed by atoms with Crippen LogP contribution in [-0.4, -0.2) is 22.7 Å². The summed E-state index contributed by atoms with van der Waals surface area (Å²) >= 11 is 0. The van der Waals surface area contributed by atoms with Crippen molar-refractivity contribution in [1.82, 2.24) is 5.06 Å². The SMILES string of the molecule is NC(=O)C1c2ccccc2CCN1O. The van der Waals surface area contributed by atoms with E-state index in [1.54, 1.807) is 0 Å². The first-order valence-electron chi connectivity index (χ1n) is 4.53. The molecule has 74 valence electrons. The number of carbonyl (C=O) groups excluding carboxylic acids is 1. The number of carbonyl (C=O) groups is 1. The lowest BCUT2D eigenvalue weighted by Crippen LogP contribution is -2.40. The van der Waals surface area contributed by atoms with Gasteiger partial charge < -0.3 is 10.9 Å². The Morgan fingerprint density at radius 3 is 2.93 bits per heavy atom. The lowest BCUT2D eigenvalue weighted by Gasteiger charge is -2.30. The van der Waals surface area contributed by atoms with Gasteiger partial charge in [0.2, 0.25) is 5.91 Å². The molecular weight excluding hydrogens is 180 g/mol. The van der Waals surface area contributed by atoms with Crippen molar-refractivity contribution in [2.75, 3.05) is 6.54 Å². The molecule has 0 saturated carbocycles. The van der Waals surface area contributed by atoms with Crippen LogP contribution in [0.1, 0.15) is 17.2 Å². The largest absolute Gasteiger partial charge is 0.368 e. The first-order valence-corrected chi connectivity index (χ1v) is 4.53. The molecule has 0 aromatic heterocycles. The van der Waals surface area contributed by atoms with E-state index in [1.165, 1.54) is 0 Å². The lowest BCUT2D eigenvalue weighted by atomic mass is 9.94. The van der Waals surface area contributed by atoms with Crippen molar-refractivity contribution in [2.45, 2.75) is 12.5 Å². The Labute approximate surface area is 81.9 Å². The van der Waals surface area contributed by atoms with Crippen molar-refractivity contribution in [2.24, 2.45) is 5.73 Å². The zero-order valence-corrected chi connectivity index (χ0v) is 7.68. The highest BCUT2D eigenvalue weighted by molar-refractivity contribution is 5.82. The van der Waals surface area contributed by atoms with Gasteiger partial charge in [-0.15, -0.1) is 0 Å². The monoisotopic (exact) mass is 192 g/mol. The minimum absolute atomic E-state index is 0.449. The Balaban J connectivity index is 2.46. The molecule has 1 aliphatic rings. The summed E-state index contributed by atoms with van der Waals surface area (Å²) in [4.78, 5) is 11.1. The van der Waals surface area contributed by atoms with Crippen LogP contribution >= 0.6 is 0 Å². The van der Waals surface area contributed by atoms with Crippen LogP contribution in [0.3, 0.4) is 0 Å². The summed E-state index contributed by atoms with van der Waals surface area (Å²) in [5, 5.41) is 10.5. The number of amides is 1. The molecule has 2 rings (SSSR count). The number of hydroxylamine groups is 2. The van der Waals surface area contributed by atoms with Gasteiger partial charge in [-0.25, -0.2) is 0 Å². The molecule has 0 spiro atoms. The van der Waals surface area contributed by atoms with Crippen LogP contribution in [0, 0.1) is 0 Å². The van der Waals surface area contributed by atoms with Crippen LogP contribution in [0.25, 0.3) is 0 Å². The molecule has 0 fully saturated rings. The predicted molar refractivity (Wildman–Crippen MR) is 50.6 cm³/mol. The van der Waals surface area contributed by atoms with Crippen LogP contribution in [-0.2, 0) is 11.2 Å². The number of benzene rings is 1. The second kappa shape index (κ2) is 3.40. The quantitative estimate of drug-likeness (QED) is 0.679. The van der Waals surface area contributed by atoms with E-state index in [0.717, 1.165) is 22.6 Å². The van der Waals surface area contributed by atoms with Crippen LogP contribution < -0.4 is 5.73 Å². The van der Waals surface area contributed by atoms with Gasteiger partial charge in [0.15, 0.2) is 0 Å². The van der Waals surface area contributed by atoms with Gasteiger partial charge in [-0.3, -0.25) is 4.79 Å². The Bertz CT molecular complexity index is 365. The molecule has 0 aliphatic carbocycles. The van der Waals surface area contributed by atoms with Gasteiger partial charge in [-0.2, -0.15) is 5.06 Å². The summed E-state index contributed by atoms with van der Waals surface area (Å²) in [6.07, 6.45) is 0.746. The lowest BCUT2D eigenvalue weighted by molar-refractivity contribution is -0.156. The van der Waals surface area contributed by atoms with Crippen LogP contribution in [0.15, 0.2) is 24.3 Å². The van der Waals surface area contributed by atoms with Crippen LogP contribution in [0.2, 0.25) is 0 Å². The van der Waals surface area contributed by atoms with Crippen molar-refractivity contribution in [3.8, 4) is 0 Å². The van der Waals surface area contributed by atoms with Crippen molar-refractivity contribution < 1.29 is 10.0 Å². The Morgan fingerprint density at radius 1 is 1.50 bits per heavy atom. The highest BCUT2D eigenvalue weighted by Crippen LogP contribution is 2.27. The zero-order valence-electron chi connectivity index (χ0n) is 7.68. The fourth-order valence-corrected chi connectivity index (χ4v) is 1.85. The average molecular weight is 192 g/mol. The number of primary amides is 1. The molecule has 0 radical (unpaired) electrons. The molecule has 1 amide bonds. The molecule has 1 unspecified atom stereocenters. The molecule has 3 N–H and O–H groups in total. The van der Waals surface area contributed by atoms with Crippen LogP contribution in [0.5, 0.6) is 0 Å². The first-order chi connectivity index (χ1) is 6.70. The molecule has 4 heteroatoms. The summed E-state index contributed by atoms with van der Waals surface area (Å²) in [6, 6.07) is 6.85. The smallest absolute Gasteiger partial charge is 0.241 e. The molecule has 1 aromatic carbocycles.